The molecule has 0 amide bonds. The SMILES string of the molecule is CCN(CC)Cc1nc(S(=O)(=O)Nc2nc3ccccc3nc2Nc2cc(OC)cc(OC)c2OCCC(C)O)cn1C. The van der Waals surface area contributed by atoms with Crippen molar-refractivity contribution in [1.82, 2.24) is 24.4 Å². The summed E-state index contributed by atoms with van der Waals surface area (Å²) in [6.07, 6.45) is 1.30. The average Bonchev–Trinajstić information content (AvgIpc) is 3.36. The van der Waals surface area contributed by atoms with Crippen LogP contribution in [0.3, 0.4) is 0 Å². The van der Waals surface area contributed by atoms with Gasteiger partial charge in [0.25, 0.3) is 10.0 Å². The van der Waals surface area contributed by atoms with Crippen molar-refractivity contribution in [3.63, 3.8) is 0 Å². The fourth-order valence-corrected chi connectivity index (χ4v) is 5.31. The van der Waals surface area contributed by atoms with E-state index in [2.05, 4.69) is 29.9 Å². The number of benzene rings is 2. The Labute approximate surface area is 251 Å². The van der Waals surface area contributed by atoms with Crippen LogP contribution < -0.4 is 24.2 Å². The molecule has 1 atom stereocenters. The van der Waals surface area contributed by atoms with Crippen LogP contribution >= 0.6 is 0 Å². The van der Waals surface area contributed by atoms with E-state index in [9.17, 15) is 13.5 Å². The van der Waals surface area contributed by atoms with E-state index in [0.29, 0.717) is 52.8 Å². The maximum atomic E-state index is 13.6. The van der Waals surface area contributed by atoms with Crippen LogP contribution in [0.5, 0.6) is 17.2 Å². The van der Waals surface area contributed by atoms with Crippen molar-refractivity contribution in [1.29, 1.82) is 0 Å². The number of aliphatic hydroxyl groups is 1. The first-order valence-corrected chi connectivity index (χ1v) is 15.4. The monoisotopic (exact) mass is 613 g/mol. The van der Waals surface area contributed by atoms with Crippen LogP contribution in [0.4, 0.5) is 17.3 Å². The minimum absolute atomic E-state index is 0.0358. The number of anilines is 3. The predicted molar refractivity (Wildman–Crippen MR) is 165 cm³/mol. The van der Waals surface area contributed by atoms with Crippen LogP contribution in [0.25, 0.3) is 11.0 Å². The molecule has 2 heterocycles. The second kappa shape index (κ2) is 13.9. The molecule has 43 heavy (non-hydrogen) atoms. The Kier molecular flexibility index (Phi) is 10.3. The van der Waals surface area contributed by atoms with Crippen molar-refractivity contribution in [2.75, 3.05) is 44.0 Å². The lowest BCUT2D eigenvalue weighted by atomic mass is 10.2. The topological polar surface area (TPSA) is 153 Å². The molecule has 0 saturated carbocycles. The van der Waals surface area contributed by atoms with E-state index in [1.807, 2.05) is 19.9 Å². The lowest BCUT2D eigenvalue weighted by Crippen LogP contribution is -2.24. The molecule has 0 aliphatic carbocycles. The quantitative estimate of drug-likeness (QED) is 0.179. The molecule has 4 rings (SSSR count). The first kappa shape index (κ1) is 31.8. The number of hydrogen-bond donors (Lipinski definition) is 3. The van der Waals surface area contributed by atoms with Crippen LogP contribution in [0, 0.1) is 0 Å². The third-order valence-electron chi connectivity index (χ3n) is 6.81. The highest BCUT2D eigenvalue weighted by atomic mass is 32.2. The van der Waals surface area contributed by atoms with Gasteiger partial charge in [-0.2, -0.15) is 8.42 Å². The largest absolute Gasteiger partial charge is 0.497 e. The number of aromatic nitrogens is 4. The summed E-state index contributed by atoms with van der Waals surface area (Å²) in [4.78, 5) is 15.8. The zero-order chi connectivity index (χ0) is 31.1. The molecule has 13 nitrogen and oxygen atoms in total. The fourth-order valence-electron chi connectivity index (χ4n) is 4.28. The van der Waals surface area contributed by atoms with Gasteiger partial charge in [-0.3, -0.25) is 9.62 Å². The molecule has 14 heteroatoms. The summed E-state index contributed by atoms with van der Waals surface area (Å²) in [6, 6.07) is 10.5. The second-order valence-corrected chi connectivity index (χ2v) is 11.5. The number of aryl methyl sites for hydroxylation is 1. The Balaban J connectivity index is 1.76. The number of nitrogens with zero attached hydrogens (tertiary/aromatic N) is 5. The molecule has 2 aromatic heterocycles. The molecular formula is C29H39N7O6S. The Morgan fingerprint density at radius 3 is 2.30 bits per heavy atom. The summed E-state index contributed by atoms with van der Waals surface area (Å²) in [7, 11) is 0.622. The van der Waals surface area contributed by atoms with Crippen LogP contribution in [0.15, 0.2) is 47.6 Å². The number of aliphatic hydroxyl groups excluding tert-OH is 1. The number of sulfonamides is 1. The first-order chi connectivity index (χ1) is 20.6. The van der Waals surface area contributed by atoms with Crippen molar-refractivity contribution >= 4 is 38.4 Å². The van der Waals surface area contributed by atoms with E-state index in [4.69, 9.17) is 14.2 Å². The average molecular weight is 614 g/mol. The lowest BCUT2D eigenvalue weighted by Gasteiger charge is -2.19. The van der Waals surface area contributed by atoms with Crippen LogP contribution in [-0.2, 0) is 23.6 Å². The summed E-state index contributed by atoms with van der Waals surface area (Å²) in [5, 5.41) is 12.8. The number of nitrogens with one attached hydrogen (secondary N) is 2. The van der Waals surface area contributed by atoms with Gasteiger partial charge in [0.1, 0.15) is 11.6 Å². The zero-order valence-corrected chi connectivity index (χ0v) is 26.1. The molecular weight excluding hydrogens is 574 g/mol. The maximum absolute atomic E-state index is 13.6. The van der Waals surface area contributed by atoms with Gasteiger partial charge in [0.05, 0.1) is 50.2 Å². The number of rotatable bonds is 15. The summed E-state index contributed by atoms with van der Waals surface area (Å²) >= 11 is 0. The van der Waals surface area contributed by atoms with Crippen molar-refractivity contribution in [3.05, 3.63) is 48.4 Å². The van der Waals surface area contributed by atoms with E-state index < -0.39 is 16.1 Å². The number of para-hydroxylation sites is 2. The van der Waals surface area contributed by atoms with E-state index >= 15 is 0 Å². The van der Waals surface area contributed by atoms with E-state index in [-0.39, 0.29) is 23.3 Å². The Bertz CT molecular complexity index is 1650. The first-order valence-electron chi connectivity index (χ1n) is 14.0. The van der Waals surface area contributed by atoms with Gasteiger partial charge in [-0.15, -0.1) is 0 Å². The summed E-state index contributed by atoms with van der Waals surface area (Å²) in [5.41, 5.74) is 1.43. The normalized spacial score (nSPS) is 12.4. The van der Waals surface area contributed by atoms with Crippen LogP contribution in [0.2, 0.25) is 0 Å². The van der Waals surface area contributed by atoms with Gasteiger partial charge in [-0.1, -0.05) is 26.0 Å². The minimum Gasteiger partial charge on any atom is -0.497 e. The van der Waals surface area contributed by atoms with E-state index in [1.165, 1.54) is 20.4 Å². The highest BCUT2D eigenvalue weighted by molar-refractivity contribution is 7.92. The van der Waals surface area contributed by atoms with Gasteiger partial charge in [0.2, 0.25) is 0 Å². The van der Waals surface area contributed by atoms with Gasteiger partial charge in [0.15, 0.2) is 28.2 Å². The minimum atomic E-state index is -4.16. The molecule has 0 aliphatic heterocycles. The van der Waals surface area contributed by atoms with Crippen molar-refractivity contribution in [2.24, 2.45) is 7.05 Å². The lowest BCUT2D eigenvalue weighted by molar-refractivity contribution is 0.154. The molecule has 0 radical (unpaired) electrons. The molecule has 232 valence electrons. The third-order valence-corrected chi connectivity index (χ3v) is 8.02. The smallest absolute Gasteiger partial charge is 0.282 e. The molecule has 3 N–H and O–H groups in total. The molecule has 0 aliphatic rings. The molecule has 2 aromatic carbocycles. The summed E-state index contributed by atoms with van der Waals surface area (Å²) in [6.45, 7) is 8.09. The number of fused-ring (bicyclic) bond motifs is 1. The zero-order valence-electron chi connectivity index (χ0n) is 25.3. The highest BCUT2D eigenvalue weighted by Gasteiger charge is 2.25. The van der Waals surface area contributed by atoms with Crippen molar-refractivity contribution in [2.45, 2.75) is 44.9 Å². The fraction of sp³-hybridized carbons (Fsp3) is 0.414. The Morgan fingerprint density at radius 2 is 1.70 bits per heavy atom. The van der Waals surface area contributed by atoms with Crippen LogP contribution in [-0.4, -0.2) is 78.0 Å². The number of hydrogen-bond acceptors (Lipinski definition) is 11. The Hall–Kier alpha value is -4.14. The van der Waals surface area contributed by atoms with E-state index in [1.54, 1.807) is 48.9 Å². The van der Waals surface area contributed by atoms with Gasteiger partial charge in [-0.05, 0) is 32.1 Å². The van der Waals surface area contributed by atoms with Crippen molar-refractivity contribution < 1.29 is 27.7 Å². The molecule has 4 aromatic rings. The van der Waals surface area contributed by atoms with Gasteiger partial charge in [0, 0.05) is 31.8 Å². The van der Waals surface area contributed by atoms with E-state index in [0.717, 1.165) is 13.1 Å². The number of imidazole rings is 1. The third kappa shape index (κ3) is 7.63. The summed E-state index contributed by atoms with van der Waals surface area (Å²) in [5.74, 6) is 1.88. The standard InChI is InChI=1S/C29H39N7O6S/c1-7-36(8-2)17-25-33-26(18-35(25)4)43(38,39)34-29-28(30-21-11-9-10-12-22(21)31-29)32-23-15-20(40-5)16-24(41-6)27(23)42-14-13-19(3)37/h9-12,15-16,18-19,37H,7-8,13-14,17H2,1-6H3,(H,30,32)(H,31,34). The molecule has 0 fully saturated rings. The summed E-state index contributed by atoms with van der Waals surface area (Å²) < 4.78 is 48.5. The van der Waals surface area contributed by atoms with Crippen molar-refractivity contribution in [3.8, 4) is 17.2 Å². The maximum Gasteiger partial charge on any atom is 0.282 e. The second-order valence-electron chi connectivity index (χ2n) is 9.90. The molecule has 0 bridgehead atoms. The molecule has 0 spiro atoms. The Morgan fingerprint density at radius 1 is 1.02 bits per heavy atom. The molecule has 0 saturated heterocycles. The van der Waals surface area contributed by atoms with Gasteiger partial charge in [-0.25, -0.2) is 15.0 Å². The molecule has 1 unspecified atom stereocenters. The van der Waals surface area contributed by atoms with Crippen LogP contribution in [0.1, 0.15) is 33.0 Å². The van der Waals surface area contributed by atoms with Gasteiger partial charge < -0.3 is 29.2 Å². The highest BCUT2D eigenvalue weighted by Crippen LogP contribution is 2.42. The number of methoxy groups -OCH3 is 2. The van der Waals surface area contributed by atoms with Gasteiger partial charge >= 0.3 is 0 Å². The predicted octanol–water partition coefficient (Wildman–Crippen LogP) is 3.92. The number of ether oxygens (including phenoxy) is 3.